The molecule has 0 bridgehead atoms. The van der Waals surface area contributed by atoms with Gasteiger partial charge in [-0.1, -0.05) is 19.9 Å². The van der Waals surface area contributed by atoms with Gasteiger partial charge in [-0.25, -0.2) is 14.4 Å². The SMILES string of the molecule is CC(C)c1c(CN2CC(O)C2)cnc2ccc(-c3nc(N[C@@H]4CCOC[C@@H]4O)ncc3F)cc12. The Kier molecular flexibility index (Phi) is 6.44. The molecule has 2 aliphatic rings. The summed E-state index contributed by atoms with van der Waals surface area (Å²) in [6, 6.07) is 5.42. The zero-order valence-electron chi connectivity index (χ0n) is 19.4. The molecule has 8 nitrogen and oxygen atoms in total. The number of hydrogen-bond acceptors (Lipinski definition) is 8. The van der Waals surface area contributed by atoms with Crippen LogP contribution in [0.25, 0.3) is 22.2 Å². The molecule has 0 unspecified atom stereocenters. The number of rotatable bonds is 6. The maximum absolute atomic E-state index is 14.8. The highest BCUT2D eigenvalue weighted by Gasteiger charge is 2.27. The quantitative estimate of drug-likeness (QED) is 0.509. The van der Waals surface area contributed by atoms with Crippen LogP contribution < -0.4 is 5.32 Å². The van der Waals surface area contributed by atoms with E-state index in [2.05, 4.69) is 39.0 Å². The van der Waals surface area contributed by atoms with Gasteiger partial charge in [0.05, 0.1) is 36.6 Å². The topological polar surface area (TPSA) is 104 Å². The summed E-state index contributed by atoms with van der Waals surface area (Å²) < 4.78 is 20.1. The molecule has 2 saturated heterocycles. The summed E-state index contributed by atoms with van der Waals surface area (Å²) in [6.07, 6.45) is 2.76. The number of benzene rings is 1. The Morgan fingerprint density at radius 3 is 2.76 bits per heavy atom. The maximum Gasteiger partial charge on any atom is 0.223 e. The first-order valence-corrected chi connectivity index (χ1v) is 11.8. The van der Waals surface area contributed by atoms with Crippen molar-refractivity contribution in [1.82, 2.24) is 19.9 Å². The largest absolute Gasteiger partial charge is 0.390 e. The summed E-state index contributed by atoms with van der Waals surface area (Å²) in [5, 5.41) is 23.9. The van der Waals surface area contributed by atoms with Crippen LogP contribution in [0.2, 0.25) is 0 Å². The van der Waals surface area contributed by atoms with Gasteiger partial charge >= 0.3 is 0 Å². The third-order valence-electron chi connectivity index (χ3n) is 6.56. The number of nitrogens with zero attached hydrogens (tertiary/aromatic N) is 4. The molecule has 2 fully saturated rings. The molecular formula is C25H30FN5O3. The van der Waals surface area contributed by atoms with Crippen LogP contribution in [0.15, 0.2) is 30.6 Å². The normalized spacial score (nSPS) is 21.7. The van der Waals surface area contributed by atoms with Crippen LogP contribution in [0.1, 0.15) is 37.3 Å². The number of pyridine rings is 1. The number of aliphatic hydroxyl groups is 2. The van der Waals surface area contributed by atoms with Crippen LogP contribution in [0.4, 0.5) is 10.3 Å². The number of anilines is 1. The molecule has 3 aromatic rings. The molecule has 0 saturated carbocycles. The van der Waals surface area contributed by atoms with E-state index in [0.29, 0.717) is 31.7 Å². The average molecular weight is 468 g/mol. The van der Waals surface area contributed by atoms with Gasteiger partial charge in [0.25, 0.3) is 0 Å². The molecule has 5 rings (SSSR count). The summed E-state index contributed by atoms with van der Waals surface area (Å²) >= 11 is 0. The molecule has 2 atom stereocenters. The summed E-state index contributed by atoms with van der Waals surface area (Å²) in [6.45, 7) is 7.13. The van der Waals surface area contributed by atoms with Gasteiger partial charge in [-0.2, -0.15) is 0 Å². The molecule has 3 N–H and O–H groups in total. The van der Waals surface area contributed by atoms with E-state index in [1.165, 1.54) is 5.56 Å². The third kappa shape index (κ3) is 4.61. The first-order chi connectivity index (χ1) is 16.4. The lowest BCUT2D eigenvalue weighted by molar-refractivity contribution is -0.0136. The van der Waals surface area contributed by atoms with Gasteiger partial charge in [-0.05, 0) is 35.6 Å². The minimum atomic E-state index is -0.669. The molecule has 0 radical (unpaired) electrons. The summed E-state index contributed by atoms with van der Waals surface area (Å²) in [5.41, 5.74) is 3.98. The Morgan fingerprint density at radius 1 is 1.21 bits per heavy atom. The average Bonchev–Trinajstić information content (AvgIpc) is 2.80. The molecule has 9 heteroatoms. The maximum atomic E-state index is 14.8. The van der Waals surface area contributed by atoms with Crippen LogP contribution in [0, 0.1) is 5.82 Å². The Labute approximate surface area is 197 Å². The standard InChI is InChI=1S/C25H30FN5O3/c1-14(2)23-16(10-31-11-17(32)12-31)8-27-20-4-3-15(7-18(20)23)24-19(26)9-28-25(30-24)29-21-5-6-34-13-22(21)33/h3-4,7-9,14,17,21-22,32-33H,5-6,10-13H2,1-2H3,(H,28,29,30)/t21-,22+/m1/s1. The van der Waals surface area contributed by atoms with Gasteiger partial charge in [0.1, 0.15) is 5.69 Å². The van der Waals surface area contributed by atoms with E-state index in [-0.39, 0.29) is 36.3 Å². The molecule has 0 aliphatic carbocycles. The van der Waals surface area contributed by atoms with Crippen LogP contribution in [-0.4, -0.2) is 74.6 Å². The van der Waals surface area contributed by atoms with E-state index in [1.807, 2.05) is 24.4 Å². The Hall–Kier alpha value is -2.72. The van der Waals surface area contributed by atoms with Crippen molar-refractivity contribution in [3.63, 3.8) is 0 Å². The zero-order valence-corrected chi connectivity index (χ0v) is 19.4. The Balaban J connectivity index is 1.50. The van der Waals surface area contributed by atoms with Crippen LogP contribution in [0.3, 0.4) is 0 Å². The fourth-order valence-corrected chi connectivity index (χ4v) is 4.82. The van der Waals surface area contributed by atoms with Gasteiger partial charge in [-0.15, -0.1) is 0 Å². The van der Waals surface area contributed by atoms with Crippen molar-refractivity contribution in [3.05, 3.63) is 47.5 Å². The number of ether oxygens (including phenoxy) is 1. The second-order valence-electron chi connectivity index (χ2n) is 9.50. The second kappa shape index (κ2) is 9.50. The third-order valence-corrected chi connectivity index (χ3v) is 6.56. The minimum absolute atomic E-state index is 0.201. The van der Waals surface area contributed by atoms with Gasteiger partial charge in [0, 0.05) is 43.4 Å². The van der Waals surface area contributed by atoms with Crippen molar-refractivity contribution >= 4 is 16.9 Å². The first kappa shape index (κ1) is 23.0. The molecular weight excluding hydrogens is 437 g/mol. The van der Waals surface area contributed by atoms with E-state index >= 15 is 0 Å². The van der Waals surface area contributed by atoms with Gasteiger partial charge < -0.3 is 20.3 Å². The minimum Gasteiger partial charge on any atom is -0.390 e. The number of fused-ring (bicyclic) bond motifs is 1. The van der Waals surface area contributed by atoms with E-state index < -0.39 is 11.9 Å². The van der Waals surface area contributed by atoms with Crippen molar-refractivity contribution in [3.8, 4) is 11.3 Å². The molecule has 34 heavy (non-hydrogen) atoms. The number of hydrogen-bond donors (Lipinski definition) is 3. The van der Waals surface area contributed by atoms with Crippen molar-refractivity contribution in [1.29, 1.82) is 0 Å². The van der Waals surface area contributed by atoms with Crippen molar-refractivity contribution < 1.29 is 19.3 Å². The van der Waals surface area contributed by atoms with E-state index in [9.17, 15) is 14.6 Å². The predicted octanol–water partition coefficient (Wildman–Crippen LogP) is 2.69. The van der Waals surface area contributed by atoms with Gasteiger partial charge in [0.2, 0.25) is 5.95 Å². The lowest BCUT2D eigenvalue weighted by Crippen LogP contribution is -2.49. The second-order valence-corrected chi connectivity index (χ2v) is 9.50. The summed E-state index contributed by atoms with van der Waals surface area (Å²) in [4.78, 5) is 15.4. The van der Waals surface area contributed by atoms with E-state index in [0.717, 1.165) is 29.2 Å². The Morgan fingerprint density at radius 2 is 2.03 bits per heavy atom. The fourth-order valence-electron chi connectivity index (χ4n) is 4.82. The molecule has 0 amide bonds. The van der Waals surface area contributed by atoms with E-state index in [4.69, 9.17) is 4.74 Å². The van der Waals surface area contributed by atoms with Crippen LogP contribution in [-0.2, 0) is 11.3 Å². The molecule has 0 spiro atoms. The first-order valence-electron chi connectivity index (χ1n) is 11.8. The predicted molar refractivity (Wildman–Crippen MR) is 127 cm³/mol. The number of likely N-dealkylation sites (tertiary alicyclic amines) is 1. The van der Waals surface area contributed by atoms with E-state index in [1.54, 1.807) is 0 Å². The molecule has 180 valence electrons. The highest BCUT2D eigenvalue weighted by molar-refractivity contribution is 5.88. The molecule has 4 heterocycles. The highest BCUT2D eigenvalue weighted by atomic mass is 19.1. The molecule has 2 aromatic heterocycles. The number of halogens is 1. The number of β-amino-alcohol motifs (C(OH)–C–C–N with tert-alkyl or cyclic N) is 1. The number of aliphatic hydroxyl groups excluding tert-OH is 2. The zero-order chi connectivity index (χ0) is 23.8. The van der Waals surface area contributed by atoms with Crippen LogP contribution in [0.5, 0.6) is 0 Å². The Bertz CT molecular complexity index is 1180. The van der Waals surface area contributed by atoms with Crippen molar-refractivity contribution in [2.24, 2.45) is 0 Å². The summed E-state index contributed by atoms with van der Waals surface area (Å²) in [7, 11) is 0. The fraction of sp³-hybridized carbons (Fsp3) is 0.480. The summed E-state index contributed by atoms with van der Waals surface area (Å²) in [5.74, 6) is 0.00128. The van der Waals surface area contributed by atoms with Gasteiger partial charge in [-0.3, -0.25) is 9.88 Å². The van der Waals surface area contributed by atoms with Gasteiger partial charge in [0.15, 0.2) is 5.82 Å². The number of nitrogens with one attached hydrogen (secondary N) is 1. The number of aromatic nitrogens is 3. The monoisotopic (exact) mass is 467 g/mol. The lowest BCUT2D eigenvalue weighted by Gasteiger charge is -2.36. The highest BCUT2D eigenvalue weighted by Crippen LogP contribution is 2.33. The molecule has 2 aliphatic heterocycles. The smallest absolute Gasteiger partial charge is 0.223 e. The molecule has 1 aromatic carbocycles. The lowest BCUT2D eigenvalue weighted by atomic mass is 9.92. The van der Waals surface area contributed by atoms with Crippen molar-refractivity contribution in [2.45, 2.75) is 51.0 Å². The van der Waals surface area contributed by atoms with Crippen molar-refractivity contribution in [2.75, 3.05) is 31.6 Å². The van der Waals surface area contributed by atoms with Crippen LogP contribution >= 0.6 is 0 Å².